The van der Waals surface area contributed by atoms with E-state index in [1.807, 2.05) is 39.0 Å². The fraction of sp³-hybridized carbons (Fsp3) is 0.611. The van der Waals surface area contributed by atoms with E-state index in [1.54, 1.807) is 19.1 Å². The number of rotatable bonds is 8. The van der Waals surface area contributed by atoms with Crippen LogP contribution in [0.5, 0.6) is 11.5 Å². The minimum Gasteiger partial charge on any atom is -0.493 e. The summed E-state index contributed by atoms with van der Waals surface area (Å²) in [5.41, 5.74) is 6.27. The first-order valence-electron chi connectivity index (χ1n) is 8.18. The summed E-state index contributed by atoms with van der Waals surface area (Å²) in [5, 5.41) is 0. The maximum atomic E-state index is 12.3. The van der Waals surface area contributed by atoms with E-state index in [2.05, 4.69) is 0 Å². The molecule has 0 fully saturated rings. The Labute approximate surface area is 144 Å². The molecule has 1 aromatic rings. The summed E-state index contributed by atoms with van der Waals surface area (Å²) >= 11 is 0. The third kappa shape index (κ3) is 5.92. The molecular formula is C18H30N2O4. The summed E-state index contributed by atoms with van der Waals surface area (Å²) in [6.45, 7) is 7.40. The third-order valence-electron chi connectivity index (χ3n) is 3.68. The second-order valence-corrected chi connectivity index (χ2v) is 6.52. The number of amides is 1. The number of hydrogen-bond donors (Lipinski definition) is 1. The van der Waals surface area contributed by atoms with Crippen molar-refractivity contribution in [1.82, 2.24) is 4.90 Å². The van der Waals surface area contributed by atoms with Crippen LogP contribution in [-0.4, -0.2) is 50.4 Å². The Balaban J connectivity index is 2.60. The molecule has 0 aliphatic rings. The maximum Gasteiger partial charge on any atom is 0.410 e. The molecule has 24 heavy (non-hydrogen) atoms. The van der Waals surface area contributed by atoms with Crippen molar-refractivity contribution in [1.29, 1.82) is 0 Å². The fourth-order valence-corrected chi connectivity index (χ4v) is 2.32. The van der Waals surface area contributed by atoms with Gasteiger partial charge >= 0.3 is 6.09 Å². The van der Waals surface area contributed by atoms with Crippen molar-refractivity contribution < 1.29 is 19.0 Å². The molecule has 0 unspecified atom stereocenters. The van der Waals surface area contributed by atoms with Crippen LogP contribution >= 0.6 is 0 Å². The van der Waals surface area contributed by atoms with E-state index in [0.717, 1.165) is 12.0 Å². The van der Waals surface area contributed by atoms with Gasteiger partial charge in [0.25, 0.3) is 0 Å². The Morgan fingerprint density at radius 2 is 1.83 bits per heavy atom. The zero-order chi connectivity index (χ0) is 18.2. The van der Waals surface area contributed by atoms with Crippen LogP contribution in [0, 0.1) is 0 Å². The summed E-state index contributed by atoms with van der Waals surface area (Å²) in [5.74, 6) is 1.35. The normalized spacial score (nSPS) is 11.1. The predicted octanol–water partition coefficient (Wildman–Crippen LogP) is 2.83. The number of carbonyl (C=O) groups excluding carboxylic acids is 1. The van der Waals surface area contributed by atoms with Crippen molar-refractivity contribution in [3.05, 3.63) is 23.8 Å². The molecule has 0 heterocycles. The highest BCUT2D eigenvalue weighted by Crippen LogP contribution is 2.27. The molecule has 6 nitrogen and oxygen atoms in total. The molecule has 0 saturated heterocycles. The van der Waals surface area contributed by atoms with Gasteiger partial charge in [-0.3, -0.25) is 0 Å². The standard InChI is InChI=1S/C18H30N2O4/c1-18(2,3)20(11-6-10-19)17(21)24-12-9-14-7-8-15(22-4)16(13-14)23-5/h7-8,13H,6,9-12,19H2,1-5H3. The number of nitrogens with two attached hydrogens (primary N) is 1. The van der Waals surface area contributed by atoms with Crippen LogP contribution in [0.4, 0.5) is 4.79 Å². The third-order valence-corrected chi connectivity index (χ3v) is 3.68. The molecule has 0 aromatic heterocycles. The molecule has 6 heteroatoms. The lowest BCUT2D eigenvalue weighted by molar-refractivity contribution is 0.0682. The van der Waals surface area contributed by atoms with Crippen LogP contribution in [-0.2, 0) is 11.2 Å². The van der Waals surface area contributed by atoms with E-state index >= 15 is 0 Å². The second-order valence-electron chi connectivity index (χ2n) is 6.52. The molecule has 0 spiro atoms. The van der Waals surface area contributed by atoms with Gasteiger partial charge in [-0.05, 0) is 51.4 Å². The smallest absolute Gasteiger partial charge is 0.410 e. The lowest BCUT2D eigenvalue weighted by Crippen LogP contribution is -2.47. The molecule has 1 aromatic carbocycles. The van der Waals surface area contributed by atoms with Gasteiger partial charge in [-0.15, -0.1) is 0 Å². The first-order valence-corrected chi connectivity index (χ1v) is 8.18. The van der Waals surface area contributed by atoms with Crippen LogP contribution in [0.1, 0.15) is 32.8 Å². The first kappa shape index (κ1) is 20.1. The number of hydrogen-bond acceptors (Lipinski definition) is 5. The summed E-state index contributed by atoms with van der Waals surface area (Å²) in [6, 6.07) is 5.67. The Morgan fingerprint density at radius 3 is 2.38 bits per heavy atom. The molecule has 0 atom stereocenters. The molecule has 1 rings (SSSR count). The maximum absolute atomic E-state index is 12.3. The SMILES string of the molecule is COc1ccc(CCOC(=O)N(CCCN)C(C)(C)C)cc1OC. The molecular weight excluding hydrogens is 308 g/mol. The van der Waals surface area contributed by atoms with Gasteiger partial charge in [0.1, 0.15) is 0 Å². The van der Waals surface area contributed by atoms with Crippen LogP contribution in [0.15, 0.2) is 18.2 Å². The van der Waals surface area contributed by atoms with Gasteiger partial charge in [0.05, 0.1) is 20.8 Å². The first-order chi connectivity index (χ1) is 11.3. The van der Waals surface area contributed by atoms with Crippen molar-refractivity contribution >= 4 is 6.09 Å². The summed E-state index contributed by atoms with van der Waals surface area (Å²) in [4.78, 5) is 14.0. The lowest BCUT2D eigenvalue weighted by atomic mass is 10.1. The topological polar surface area (TPSA) is 74.0 Å². The number of nitrogens with zero attached hydrogens (tertiary/aromatic N) is 1. The Morgan fingerprint density at radius 1 is 1.17 bits per heavy atom. The van der Waals surface area contributed by atoms with Crippen LogP contribution in [0.3, 0.4) is 0 Å². The largest absolute Gasteiger partial charge is 0.493 e. The average molecular weight is 338 g/mol. The van der Waals surface area contributed by atoms with E-state index in [1.165, 1.54) is 0 Å². The van der Waals surface area contributed by atoms with Crippen molar-refractivity contribution in [2.24, 2.45) is 5.73 Å². The average Bonchev–Trinajstić information content (AvgIpc) is 2.53. The molecule has 0 bridgehead atoms. The van der Waals surface area contributed by atoms with Crippen molar-refractivity contribution in [2.75, 3.05) is 33.9 Å². The predicted molar refractivity (Wildman–Crippen MR) is 94.7 cm³/mol. The van der Waals surface area contributed by atoms with Gasteiger partial charge < -0.3 is 24.8 Å². The van der Waals surface area contributed by atoms with Crippen molar-refractivity contribution in [3.63, 3.8) is 0 Å². The van der Waals surface area contributed by atoms with Gasteiger partial charge in [0.15, 0.2) is 11.5 Å². The molecule has 0 saturated carbocycles. The van der Waals surface area contributed by atoms with Gasteiger partial charge in [0.2, 0.25) is 0 Å². The molecule has 0 aliphatic carbocycles. The van der Waals surface area contributed by atoms with E-state index in [9.17, 15) is 4.79 Å². The number of carbonyl (C=O) groups is 1. The number of methoxy groups -OCH3 is 2. The highest BCUT2D eigenvalue weighted by molar-refractivity contribution is 5.68. The molecule has 136 valence electrons. The monoisotopic (exact) mass is 338 g/mol. The Kier molecular flexibility index (Phi) is 7.85. The van der Waals surface area contributed by atoms with E-state index in [0.29, 0.717) is 37.6 Å². The van der Waals surface area contributed by atoms with Gasteiger partial charge in [-0.1, -0.05) is 6.07 Å². The van der Waals surface area contributed by atoms with Crippen LogP contribution in [0.25, 0.3) is 0 Å². The van der Waals surface area contributed by atoms with Crippen LogP contribution < -0.4 is 15.2 Å². The van der Waals surface area contributed by atoms with E-state index in [-0.39, 0.29) is 11.6 Å². The highest BCUT2D eigenvalue weighted by atomic mass is 16.6. The summed E-state index contributed by atoms with van der Waals surface area (Å²) in [6.07, 6.45) is 1.06. The van der Waals surface area contributed by atoms with E-state index < -0.39 is 0 Å². The zero-order valence-corrected chi connectivity index (χ0v) is 15.4. The molecule has 0 aliphatic heterocycles. The highest BCUT2D eigenvalue weighted by Gasteiger charge is 2.27. The zero-order valence-electron chi connectivity index (χ0n) is 15.4. The molecule has 2 N–H and O–H groups in total. The number of ether oxygens (including phenoxy) is 3. The van der Waals surface area contributed by atoms with E-state index in [4.69, 9.17) is 19.9 Å². The minimum absolute atomic E-state index is 0.296. The minimum atomic E-state index is -0.309. The summed E-state index contributed by atoms with van der Waals surface area (Å²) in [7, 11) is 3.20. The molecule has 0 radical (unpaired) electrons. The van der Waals surface area contributed by atoms with Gasteiger partial charge in [-0.2, -0.15) is 0 Å². The van der Waals surface area contributed by atoms with Gasteiger partial charge in [-0.25, -0.2) is 4.79 Å². The Bertz CT molecular complexity index is 526. The summed E-state index contributed by atoms with van der Waals surface area (Å²) < 4.78 is 15.9. The molecule has 1 amide bonds. The van der Waals surface area contributed by atoms with Crippen molar-refractivity contribution in [2.45, 2.75) is 39.2 Å². The van der Waals surface area contributed by atoms with Crippen LogP contribution in [0.2, 0.25) is 0 Å². The fourth-order valence-electron chi connectivity index (χ4n) is 2.32. The van der Waals surface area contributed by atoms with Crippen molar-refractivity contribution in [3.8, 4) is 11.5 Å². The van der Waals surface area contributed by atoms with Gasteiger partial charge in [0, 0.05) is 18.5 Å². The quantitative estimate of drug-likeness (QED) is 0.789. The second kappa shape index (κ2) is 9.37. The number of benzene rings is 1. The Hall–Kier alpha value is -1.95. The lowest BCUT2D eigenvalue weighted by Gasteiger charge is -2.34.